The Morgan fingerprint density at radius 3 is 2.38 bits per heavy atom. The van der Waals surface area contributed by atoms with Crippen molar-refractivity contribution in [3.8, 4) is 23.0 Å². The summed E-state index contributed by atoms with van der Waals surface area (Å²) in [5.74, 6) is 0.354. The summed E-state index contributed by atoms with van der Waals surface area (Å²) in [4.78, 5) is 0. The van der Waals surface area contributed by atoms with Crippen LogP contribution in [0.15, 0.2) is 72.8 Å². The summed E-state index contributed by atoms with van der Waals surface area (Å²) >= 11 is 0. The molecule has 0 fully saturated rings. The number of hydrogen-bond acceptors (Lipinski definition) is 3. The molecule has 0 amide bonds. The van der Waals surface area contributed by atoms with Crippen LogP contribution in [0.25, 0.3) is 27.7 Å². The van der Waals surface area contributed by atoms with Gasteiger partial charge in [-0.05, 0) is 11.5 Å². The van der Waals surface area contributed by atoms with E-state index in [9.17, 15) is 5.26 Å². The van der Waals surface area contributed by atoms with Gasteiger partial charge in [0.2, 0.25) is 0 Å². The number of benzene rings is 3. The first-order valence-electron chi connectivity index (χ1n) is 7.62. The van der Waals surface area contributed by atoms with Crippen molar-refractivity contribution in [2.24, 2.45) is 0 Å². The Hall–Kier alpha value is -3.58. The maximum absolute atomic E-state index is 9.55. The average Bonchev–Trinajstić information content (AvgIpc) is 2.98. The Bertz CT molecular complexity index is 1070. The highest BCUT2D eigenvalue weighted by Gasteiger charge is 2.18. The van der Waals surface area contributed by atoms with Crippen molar-refractivity contribution in [3.05, 3.63) is 78.4 Å². The fourth-order valence-electron chi connectivity index (χ4n) is 2.92. The summed E-state index contributed by atoms with van der Waals surface area (Å²) in [5, 5.41) is 16.3. The molecule has 4 aromatic rings. The van der Waals surface area contributed by atoms with Crippen LogP contribution in [-0.4, -0.2) is 9.78 Å². The first kappa shape index (κ1) is 14.0. The molecule has 1 aromatic heterocycles. The molecule has 0 saturated heterocycles. The molecule has 0 atom stereocenters. The predicted molar refractivity (Wildman–Crippen MR) is 95.6 cm³/mol. The van der Waals surface area contributed by atoms with Crippen LogP contribution in [-0.2, 0) is 0 Å². The third-order valence-corrected chi connectivity index (χ3v) is 4.07. The lowest BCUT2D eigenvalue weighted by atomic mass is 10.1. The Morgan fingerprint density at radius 1 is 0.875 bits per heavy atom. The highest BCUT2D eigenvalue weighted by atomic mass is 15.3. The Balaban J connectivity index is 2.00. The summed E-state index contributed by atoms with van der Waals surface area (Å²) in [7, 11) is 0. The number of hydrogen-bond donors (Lipinski definition) is 1. The molecule has 0 aliphatic heterocycles. The van der Waals surface area contributed by atoms with Gasteiger partial charge >= 0.3 is 0 Å². The maximum Gasteiger partial charge on any atom is 0.145 e. The van der Waals surface area contributed by atoms with Gasteiger partial charge in [0.25, 0.3) is 0 Å². The van der Waals surface area contributed by atoms with Crippen LogP contribution in [0.2, 0.25) is 0 Å². The van der Waals surface area contributed by atoms with Gasteiger partial charge in [0.1, 0.15) is 23.1 Å². The molecule has 4 rings (SSSR count). The highest BCUT2D eigenvalue weighted by molar-refractivity contribution is 5.91. The Kier molecular flexibility index (Phi) is 3.25. The molecule has 0 saturated carbocycles. The summed E-state index contributed by atoms with van der Waals surface area (Å²) in [6.45, 7) is 0. The van der Waals surface area contributed by atoms with E-state index >= 15 is 0 Å². The molecular formula is C20H14N4. The molecule has 0 spiro atoms. The van der Waals surface area contributed by atoms with E-state index in [1.54, 1.807) is 4.68 Å². The lowest BCUT2D eigenvalue weighted by Gasteiger charge is -2.08. The number of nitriles is 1. The number of aromatic nitrogens is 2. The standard InChI is InChI=1S/C20H14N4/c21-13-17-19(15-8-2-1-3-9-15)23-24(20(17)22)18-12-6-10-14-7-4-5-11-16(14)18/h1-12H,22H2. The van der Waals surface area contributed by atoms with E-state index in [0.29, 0.717) is 17.1 Å². The van der Waals surface area contributed by atoms with Gasteiger partial charge in [0.15, 0.2) is 0 Å². The van der Waals surface area contributed by atoms with Gasteiger partial charge in [-0.25, -0.2) is 4.68 Å². The molecule has 4 nitrogen and oxygen atoms in total. The molecule has 0 radical (unpaired) electrons. The number of anilines is 1. The van der Waals surface area contributed by atoms with E-state index in [1.165, 1.54) is 0 Å². The zero-order chi connectivity index (χ0) is 16.5. The highest BCUT2D eigenvalue weighted by Crippen LogP contribution is 2.31. The van der Waals surface area contributed by atoms with Crippen LogP contribution in [0, 0.1) is 11.3 Å². The second kappa shape index (κ2) is 5.56. The average molecular weight is 310 g/mol. The number of nitrogens with two attached hydrogens (primary N) is 1. The molecule has 24 heavy (non-hydrogen) atoms. The third kappa shape index (κ3) is 2.11. The molecule has 0 aliphatic carbocycles. The van der Waals surface area contributed by atoms with Crippen molar-refractivity contribution < 1.29 is 0 Å². The van der Waals surface area contributed by atoms with Gasteiger partial charge in [0.05, 0.1) is 5.69 Å². The molecule has 4 heteroatoms. The first-order valence-corrected chi connectivity index (χ1v) is 7.62. The van der Waals surface area contributed by atoms with Gasteiger partial charge in [-0.3, -0.25) is 0 Å². The van der Waals surface area contributed by atoms with Gasteiger partial charge in [-0.1, -0.05) is 66.7 Å². The normalized spacial score (nSPS) is 10.6. The SMILES string of the molecule is N#Cc1c(-c2ccccc2)nn(-c2cccc3ccccc23)c1N. The van der Waals surface area contributed by atoms with Crippen molar-refractivity contribution >= 4 is 16.6 Å². The second-order valence-electron chi connectivity index (χ2n) is 5.50. The Morgan fingerprint density at radius 2 is 1.58 bits per heavy atom. The molecule has 2 N–H and O–H groups in total. The molecule has 1 heterocycles. The quantitative estimate of drug-likeness (QED) is 0.605. The number of rotatable bonds is 2. The molecular weight excluding hydrogens is 296 g/mol. The number of fused-ring (bicyclic) bond motifs is 1. The van der Waals surface area contributed by atoms with Crippen LogP contribution in [0.5, 0.6) is 0 Å². The van der Waals surface area contributed by atoms with Crippen LogP contribution < -0.4 is 5.73 Å². The van der Waals surface area contributed by atoms with Crippen molar-refractivity contribution in [2.45, 2.75) is 0 Å². The monoisotopic (exact) mass is 310 g/mol. The minimum atomic E-state index is 0.354. The minimum absolute atomic E-state index is 0.354. The van der Waals surface area contributed by atoms with E-state index in [-0.39, 0.29) is 0 Å². The third-order valence-electron chi connectivity index (χ3n) is 4.07. The zero-order valence-corrected chi connectivity index (χ0v) is 12.8. The fourth-order valence-corrected chi connectivity index (χ4v) is 2.92. The van der Waals surface area contributed by atoms with Crippen LogP contribution in [0.3, 0.4) is 0 Å². The smallest absolute Gasteiger partial charge is 0.145 e. The lowest BCUT2D eigenvalue weighted by Crippen LogP contribution is -2.03. The van der Waals surface area contributed by atoms with Crippen molar-refractivity contribution in [2.75, 3.05) is 5.73 Å². The van der Waals surface area contributed by atoms with E-state index in [1.807, 2.05) is 72.8 Å². The zero-order valence-electron chi connectivity index (χ0n) is 12.8. The summed E-state index contributed by atoms with van der Waals surface area (Å²) in [6, 6.07) is 25.8. The lowest BCUT2D eigenvalue weighted by molar-refractivity contribution is 0.902. The van der Waals surface area contributed by atoms with Crippen molar-refractivity contribution in [1.29, 1.82) is 5.26 Å². The maximum atomic E-state index is 9.55. The summed E-state index contributed by atoms with van der Waals surface area (Å²) in [6.07, 6.45) is 0. The molecule has 0 bridgehead atoms. The van der Waals surface area contributed by atoms with Gasteiger partial charge in [0, 0.05) is 10.9 Å². The van der Waals surface area contributed by atoms with Gasteiger partial charge in [-0.2, -0.15) is 10.4 Å². The fraction of sp³-hybridized carbons (Fsp3) is 0. The molecule has 0 unspecified atom stereocenters. The van der Waals surface area contributed by atoms with Gasteiger partial charge < -0.3 is 5.73 Å². The summed E-state index contributed by atoms with van der Waals surface area (Å²) < 4.78 is 1.66. The first-order chi connectivity index (χ1) is 11.8. The number of nitrogen functional groups attached to an aromatic ring is 1. The van der Waals surface area contributed by atoms with Crippen LogP contribution >= 0.6 is 0 Å². The number of nitrogens with zero attached hydrogens (tertiary/aromatic N) is 3. The van der Waals surface area contributed by atoms with Crippen LogP contribution in [0.1, 0.15) is 5.56 Å². The van der Waals surface area contributed by atoms with E-state index in [4.69, 9.17) is 5.73 Å². The second-order valence-corrected chi connectivity index (χ2v) is 5.50. The largest absolute Gasteiger partial charge is 0.382 e. The topological polar surface area (TPSA) is 67.6 Å². The van der Waals surface area contributed by atoms with Gasteiger partial charge in [-0.15, -0.1) is 0 Å². The predicted octanol–water partition coefficient (Wildman–Crippen LogP) is 4.15. The van der Waals surface area contributed by atoms with Crippen molar-refractivity contribution in [1.82, 2.24) is 9.78 Å². The van der Waals surface area contributed by atoms with Crippen LogP contribution in [0.4, 0.5) is 5.82 Å². The summed E-state index contributed by atoms with van der Waals surface area (Å²) in [5.41, 5.74) is 8.99. The Labute approximate surface area is 139 Å². The van der Waals surface area contributed by atoms with E-state index in [0.717, 1.165) is 22.0 Å². The van der Waals surface area contributed by atoms with E-state index in [2.05, 4.69) is 11.2 Å². The molecule has 0 aliphatic rings. The molecule has 3 aromatic carbocycles. The molecule has 114 valence electrons. The van der Waals surface area contributed by atoms with Crippen molar-refractivity contribution in [3.63, 3.8) is 0 Å². The van der Waals surface area contributed by atoms with E-state index < -0.39 is 0 Å². The minimum Gasteiger partial charge on any atom is -0.382 e.